The van der Waals surface area contributed by atoms with Crippen LogP contribution in [0.25, 0.3) is 0 Å². The first kappa shape index (κ1) is 18.2. The van der Waals surface area contributed by atoms with E-state index in [9.17, 15) is 0 Å². The van der Waals surface area contributed by atoms with E-state index < -0.39 is 21.7 Å². The van der Waals surface area contributed by atoms with E-state index in [4.69, 9.17) is 0 Å². The largest absolute Gasteiger partial charge is 0.419 e. The molecule has 0 saturated carbocycles. The topological polar surface area (TPSA) is 67.0 Å². The minimum absolute atomic E-state index is 1.13. The highest BCUT2D eigenvalue weighted by Crippen LogP contribution is 2.88. The number of hydrogen-bond acceptors (Lipinski definition) is 9. The highest BCUT2D eigenvalue weighted by atomic mass is 32.8. The standard InChI is InChI=1S/C10H27N7P3S2/c1-11-18(12-2)13-19(16(3)7-5-9-21-19)15-20(14-18)17(4)8-6-10-22-20/h12-15H,1,5-10H2,2-4H3/q+3. The Labute approximate surface area is 143 Å². The van der Waals surface area contributed by atoms with Gasteiger partial charge >= 0.3 is 21.7 Å². The first-order valence-electron chi connectivity index (χ1n) is 7.45. The molecule has 0 radical (unpaired) electrons. The van der Waals surface area contributed by atoms with Gasteiger partial charge in [-0.3, -0.25) is 0 Å². The fraction of sp³-hybridized carbons (Fsp3) is 0.900. The van der Waals surface area contributed by atoms with Gasteiger partial charge in [-0.25, -0.2) is 0 Å². The summed E-state index contributed by atoms with van der Waals surface area (Å²) in [6.45, 7) is 2.82. The van der Waals surface area contributed by atoms with Gasteiger partial charge in [-0.15, -0.1) is 14.4 Å². The van der Waals surface area contributed by atoms with Gasteiger partial charge in [0.05, 0.1) is 22.8 Å². The zero-order valence-corrected chi connectivity index (χ0v) is 17.8. The molecular weight excluding hydrogens is 375 g/mol. The number of nitrogens with zero attached hydrogens (tertiary/aromatic N) is 3. The van der Waals surface area contributed by atoms with E-state index in [1.807, 2.05) is 7.05 Å². The number of nitrogens with one attached hydrogen (secondary N) is 4. The summed E-state index contributed by atoms with van der Waals surface area (Å²) in [5.74, 6) is 2.40. The van der Waals surface area contributed by atoms with Crippen molar-refractivity contribution in [1.29, 1.82) is 0 Å². The fourth-order valence-electron chi connectivity index (χ4n) is 2.76. The SMILES string of the molecule is C=N[P+]1(NC)N[P+]2(N[P+]3(N1)SCCCN3C)SCCCN2C. The van der Waals surface area contributed by atoms with Crippen molar-refractivity contribution in [3.05, 3.63) is 0 Å². The molecule has 7 nitrogen and oxygen atoms in total. The summed E-state index contributed by atoms with van der Waals surface area (Å²) in [7, 11) is 4.45. The maximum atomic E-state index is 4.53. The minimum Gasteiger partial charge on any atom is -0.138 e. The normalized spacial score (nSPS) is 44.5. The van der Waals surface area contributed by atoms with E-state index in [1.165, 1.54) is 24.3 Å². The average molecular weight is 402 g/mol. The molecule has 126 valence electrons. The summed E-state index contributed by atoms with van der Waals surface area (Å²) in [5.41, 5.74) is 0. The first-order valence-corrected chi connectivity index (χ1v) is 15.9. The quantitative estimate of drug-likeness (QED) is 0.416. The van der Waals surface area contributed by atoms with Crippen LogP contribution >= 0.6 is 44.5 Å². The average Bonchev–Trinajstić information content (AvgIpc) is 2.53. The van der Waals surface area contributed by atoms with Crippen LogP contribution in [0.3, 0.4) is 0 Å². The molecule has 3 aliphatic rings. The van der Waals surface area contributed by atoms with Gasteiger partial charge in [0.2, 0.25) is 0 Å². The number of rotatable bonds is 2. The smallest absolute Gasteiger partial charge is 0.138 e. The Bertz CT molecular complexity index is 417. The molecule has 2 spiro atoms. The summed E-state index contributed by atoms with van der Waals surface area (Å²) < 4.78 is 9.54. The predicted octanol–water partition coefficient (Wildman–Crippen LogP) is 2.86. The summed E-state index contributed by atoms with van der Waals surface area (Å²) in [5, 5.41) is 3.45. The van der Waals surface area contributed by atoms with Crippen molar-refractivity contribution >= 4 is 51.2 Å². The maximum absolute atomic E-state index is 4.53. The van der Waals surface area contributed by atoms with Crippen LogP contribution < -0.4 is 19.7 Å². The molecule has 22 heavy (non-hydrogen) atoms. The highest BCUT2D eigenvalue weighted by Gasteiger charge is 2.76. The van der Waals surface area contributed by atoms with E-state index in [0.717, 1.165) is 13.1 Å². The van der Waals surface area contributed by atoms with Crippen molar-refractivity contribution in [1.82, 2.24) is 29.0 Å². The first-order chi connectivity index (χ1) is 10.5. The molecular formula is C10H27N7P3S2+3. The van der Waals surface area contributed by atoms with E-state index in [1.54, 1.807) is 0 Å². The maximum Gasteiger partial charge on any atom is 0.419 e. The van der Waals surface area contributed by atoms with Crippen molar-refractivity contribution in [3.63, 3.8) is 0 Å². The van der Waals surface area contributed by atoms with E-state index >= 15 is 0 Å². The molecule has 3 saturated heterocycles. The summed E-state index contributed by atoms with van der Waals surface area (Å²) in [4.78, 5) is 11.8. The van der Waals surface area contributed by atoms with Gasteiger partial charge in [-0.1, -0.05) is 4.76 Å². The van der Waals surface area contributed by atoms with Crippen LogP contribution in [-0.4, -0.2) is 61.8 Å². The molecule has 3 heterocycles. The third-order valence-electron chi connectivity index (χ3n) is 4.14. The lowest BCUT2D eigenvalue weighted by atomic mass is 10.5. The molecule has 0 aromatic carbocycles. The van der Waals surface area contributed by atoms with Gasteiger partial charge in [0.1, 0.15) is 0 Å². The molecule has 2 unspecified atom stereocenters. The molecule has 0 aromatic rings. The molecule has 3 rings (SSSR count). The molecule has 3 aliphatic heterocycles. The van der Waals surface area contributed by atoms with Gasteiger partial charge in [-0.05, 0) is 12.8 Å². The zero-order chi connectivity index (χ0) is 15.8. The molecule has 0 aliphatic carbocycles. The van der Waals surface area contributed by atoms with E-state index in [0.29, 0.717) is 0 Å². The minimum atomic E-state index is -2.02. The van der Waals surface area contributed by atoms with Crippen molar-refractivity contribution in [2.24, 2.45) is 4.76 Å². The Hall–Kier alpha value is 1.42. The lowest BCUT2D eigenvalue weighted by Gasteiger charge is -2.44. The Balaban J connectivity index is 2.00. The van der Waals surface area contributed by atoms with Crippen LogP contribution in [0.5, 0.6) is 0 Å². The molecule has 0 amide bonds. The third kappa shape index (κ3) is 3.13. The lowest BCUT2D eigenvalue weighted by molar-refractivity contribution is 0.513. The Morgan fingerprint density at radius 3 is 1.86 bits per heavy atom. The van der Waals surface area contributed by atoms with Gasteiger partial charge in [0.25, 0.3) is 0 Å². The zero-order valence-electron chi connectivity index (χ0n) is 13.4. The van der Waals surface area contributed by atoms with Gasteiger partial charge < -0.3 is 0 Å². The molecule has 3 fully saturated rings. The van der Waals surface area contributed by atoms with Crippen molar-refractivity contribution in [2.75, 3.05) is 45.7 Å². The summed E-state index contributed by atoms with van der Waals surface area (Å²) >= 11 is 4.12. The van der Waals surface area contributed by atoms with Gasteiger partial charge in [0.15, 0.2) is 0 Å². The van der Waals surface area contributed by atoms with Crippen molar-refractivity contribution in [2.45, 2.75) is 12.8 Å². The Morgan fingerprint density at radius 2 is 1.50 bits per heavy atom. The van der Waals surface area contributed by atoms with Crippen molar-refractivity contribution in [3.8, 4) is 0 Å². The van der Waals surface area contributed by atoms with E-state index in [2.05, 4.69) is 77.3 Å². The fourth-order valence-corrected chi connectivity index (χ4v) is 27.0. The van der Waals surface area contributed by atoms with Crippen LogP contribution in [-0.2, 0) is 0 Å². The van der Waals surface area contributed by atoms with Gasteiger partial charge in [-0.2, -0.15) is 0 Å². The van der Waals surface area contributed by atoms with Gasteiger partial charge in [0, 0.05) is 67.0 Å². The van der Waals surface area contributed by atoms with E-state index in [-0.39, 0.29) is 0 Å². The van der Waals surface area contributed by atoms with Crippen LogP contribution in [0.1, 0.15) is 12.8 Å². The second-order valence-electron chi connectivity index (χ2n) is 5.59. The third-order valence-corrected chi connectivity index (χ3v) is 23.8. The monoisotopic (exact) mass is 402 g/mol. The molecule has 4 N–H and O–H groups in total. The van der Waals surface area contributed by atoms with Crippen LogP contribution in [0, 0.1) is 0 Å². The van der Waals surface area contributed by atoms with Crippen LogP contribution in [0.15, 0.2) is 4.76 Å². The van der Waals surface area contributed by atoms with Crippen molar-refractivity contribution < 1.29 is 0 Å². The molecule has 12 heteroatoms. The summed E-state index contributed by atoms with van der Waals surface area (Å²) in [6.07, 6.45) is 2.50. The Morgan fingerprint density at radius 1 is 1.00 bits per heavy atom. The molecule has 0 aromatic heterocycles. The Kier molecular flexibility index (Phi) is 5.77. The predicted molar refractivity (Wildman–Crippen MR) is 108 cm³/mol. The number of hydrogen-bond donors (Lipinski definition) is 4. The summed E-state index contributed by atoms with van der Waals surface area (Å²) in [6, 6.07) is 0. The molecule has 0 bridgehead atoms. The highest BCUT2D eigenvalue weighted by molar-refractivity contribution is 8.68. The van der Waals surface area contributed by atoms with Crippen LogP contribution in [0.2, 0.25) is 0 Å². The second kappa shape index (κ2) is 6.97. The molecule has 2 atom stereocenters. The second-order valence-corrected chi connectivity index (χ2v) is 19.7. The lowest BCUT2D eigenvalue weighted by Crippen LogP contribution is -2.53. The van der Waals surface area contributed by atoms with Crippen LogP contribution in [0.4, 0.5) is 0 Å².